The Labute approximate surface area is 173 Å². The molecule has 154 valence electrons. The molecule has 0 N–H and O–H groups in total. The molecule has 0 bridgehead atoms. The van der Waals surface area contributed by atoms with Gasteiger partial charge in [0.15, 0.2) is 5.82 Å². The SMILES string of the molecule is O=S(=O)(CC1CCCC1)N1CCCC2(CCc3cnc(-c4ccccc4)nc32)C1. The summed E-state index contributed by atoms with van der Waals surface area (Å²) in [7, 11) is -3.21. The summed E-state index contributed by atoms with van der Waals surface area (Å²) >= 11 is 0. The Morgan fingerprint density at radius 1 is 1.07 bits per heavy atom. The average molecular weight is 412 g/mol. The minimum absolute atomic E-state index is 0.150. The maximum absolute atomic E-state index is 13.2. The maximum atomic E-state index is 13.2. The van der Waals surface area contributed by atoms with Crippen LogP contribution in [0.3, 0.4) is 0 Å². The summed E-state index contributed by atoms with van der Waals surface area (Å²) in [5.41, 5.74) is 3.15. The Morgan fingerprint density at radius 2 is 1.86 bits per heavy atom. The Morgan fingerprint density at radius 3 is 2.66 bits per heavy atom. The molecule has 1 aliphatic heterocycles. The molecule has 1 aromatic heterocycles. The van der Waals surface area contributed by atoms with Crippen molar-refractivity contribution in [2.24, 2.45) is 5.92 Å². The van der Waals surface area contributed by atoms with E-state index in [2.05, 4.69) is 4.98 Å². The minimum atomic E-state index is -3.21. The second kappa shape index (κ2) is 7.47. The molecule has 1 atom stereocenters. The van der Waals surface area contributed by atoms with E-state index in [-0.39, 0.29) is 5.41 Å². The molecule has 1 saturated carbocycles. The van der Waals surface area contributed by atoms with Crippen molar-refractivity contribution in [2.45, 2.75) is 56.8 Å². The van der Waals surface area contributed by atoms with Gasteiger partial charge in [0.25, 0.3) is 0 Å². The van der Waals surface area contributed by atoms with E-state index in [1.165, 1.54) is 18.4 Å². The Bertz CT molecular complexity index is 982. The molecular weight excluding hydrogens is 382 g/mol. The first-order valence-electron chi connectivity index (χ1n) is 11.0. The number of aromatic nitrogens is 2. The van der Waals surface area contributed by atoms with Crippen molar-refractivity contribution in [3.8, 4) is 11.4 Å². The van der Waals surface area contributed by atoms with Crippen molar-refractivity contribution in [1.82, 2.24) is 14.3 Å². The van der Waals surface area contributed by atoms with Gasteiger partial charge in [-0.25, -0.2) is 22.7 Å². The molecular formula is C23H29N3O2S. The van der Waals surface area contributed by atoms with Crippen LogP contribution in [0.1, 0.15) is 56.2 Å². The van der Waals surface area contributed by atoms with Gasteiger partial charge in [0, 0.05) is 30.3 Å². The van der Waals surface area contributed by atoms with Crippen molar-refractivity contribution in [3.63, 3.8) is 0 Å². The molecule has 29 heavy (non-hydrogen) atoms. The standard InChI is InChI=1S/C23H29N3O2S/c27-29(28,16-18-7-4-5-8-18)26-14-6-12-23(17-26)13-11-20-15-24-22(25-21(20)23)19-9-2-1-3-10-19/h1-3,9-10,15,18H,4-8,11-14,16-17H2. The van der Waals surface area contributed by atoms with Gasteiger partial charge in [-0.2, -0.15) is 0 Å². The van der Waals surface area contributed by atoms with Gasteiger partial charge in [-0.1, -0.05) is 43.2 Å². The number of aryl methyl sites for hydroxylation is 1. The van der Waals surface area contributed by atoms with Crippen molar-refractivity contribution >= 4 is 10.0 Å². The van der Waals surface area contributed by atoms with Gasteiger partial charge in [-0.15, -0.1) is 0 Å². The van der Waals surface area contributed by atoms with E-state index in [0.717, 1.165) is 55.6 Å². The summed E-state index contributed by atoms with van der Waals surface area (Å²) in [5.74, 6) is 1.42. The third kappa shape index (κ3) is 3.61. The summed E-state index contributed by atoms with van der Waals surface area (Å²) < 4.78 is 28.1. The summed E-state index contributed by atoms with van der Waals surface area (Å²) in [4.78, 5) is 9.58. The van der Waals surface area contributed by atoms with E-state index in [9.17, 15) is 8.42 Å². The quantitative estimate of drug-likeness (QED) is 0.764. The Balaban J connectivity index is 1.43. The summed E-state index contributed by atoms with van der Waals surface area (Å²) in [6.45, 7) is 1.24. The Hall–Kier alpha value is -1.79. The number of sulfonamides is 1. The normalized spacial score (nSPS) is 25.5. The van der Waals surface area contributed by atoms with E-state index in [0.29, 0.717) is 24.8 Å². The van der Waals surface area contributed by atoms with Crippen LogP contribution in [-0.4, -0.2) is 41.5 Å². The van der Waals surface area contributed by atoms with Gasteiger partial charge in [0.2, 0.25) is 10.0 Å². The molecule has 1 aromatic carbocycles. The highest BCUT2D eigenvalue weighted by molar-refractivity contribution is 7.89. The van der Waals surface area contributed by atoms with Crippen LogP contribution in [0.5, 0.6) is 0 Å². The number of rotatable bonds is 4. The lowest BCUT2D eigenvalue weighted by atomic mass is 9.78. The maximum Gasteiger partial charge on any atom is 0.214 e. The highest BCUT2D eigenvalue weighted by atomic mass is 32.2. The smallest absolute Gasteiger partial charge is 0.214 e. The largest absolute Gasteiger partial charge is 0.236 e. The zero-order valence-corrected chi connectivity index (χ0v) is 17.7. The number of hydrogen-bond donors (Lipinski definition) is 0. The number of piperidine rings is 1. The van der Waals surface area contributed by atoms with Crippen LogP contribution < -0.4 is 0 Å². The molecule has 1 unspecified atom stereocenters. The van der Waals surface area contributed by atoms with Crippen molar-refractivity contribution in [3.05, 3.63) is 47.8 Å². The first kappa shape index (κ1) is 19.2. The lowest BCUT2D eigenvalue weighted by Crippen LogP contribution is -2.49. The van der Waals surface area contributed by atoms with Gasteiger partial charge in [0.05, 0.1) is 11.4 Å². The number of benzene rings is 1. The summed E-state index contributed by atoms with van der Waals surface area (Å²) in [6, 6.07) is 10.1. The zero-order chi connectivity index (χ0) is 19.9. The fourth-order valence-corrected chi connectivity index (χ4v) is 7.56. The molecule has 6 heteroatoms. The molecule has 5 nitrogen and oxygen atoms in total. The van der Waals surface area contributed by atoms with Crippen LogP contribution in [0.15, 0.2) is 36.5 Å². The molecule has 0 amide bonds. The monoisotopic (exact) mass is 411 g/mol. The third-order valence-corrected chi connectivity index (χ3v) is 9.12. The van der Waals surface area contributed by atoms with Gasteiger partial charge in [-0.05, 0) is 50.0 Å². The summed E-state index contributed by atoms with van der Waals surface area (Å²) in [5, 5.41) is 0. The van der Waals surface area contributed by atoms with E-state index in [1.807, 2.05) is 36.5 Å². The van der Waals surface area contributed by atoms with Crippen molar-refractivity contribution in [1.29, 1.82) is 0 Å². The molecule has 3 aliphatic rings. The van der Waals surface area contributed by atoms with E-state index in [4.69, 9.17) is 4.98 Å². The Kier molecular flexibility index (Phi) is 4.95. The lowest BCUT2D eigenvalue weighted by Gasteiger charge is -2.40. The topological polar surface area (TPSA) is 63.2 Å². The molecule has 5 rings (SSSR count). The fraction of sp³-hybridized carbons (Fsp3) is 0.565. The second-order valence-electron chi connectivity index (χ2n) is 9.08. The van der Waals surface area contributed by atoms with Crippen molar-refractivity contribution in [2.75, 3.05) is 18.8 Å². The highest BCUT2D eigenvalue weighted by Gasteiger charge is 2.46. The first-order chi connectivity index (χ1) is 14.1. The van der Waals surface area contributed by atoms with Crippen LogP contribution in [0, 0.1) is 5.92 Å². The van der Waals surface area contributed by atoms with Crippen molar-refractivity contribution < 1.29 is 8.42 Å². The number of hydrogen-bond acceptors (Lipinski definition) is 4. The van der Waals surface area contributed by atoms with Crippen LogP contribution >= 0.6 is 0 Å². The average Bonchev–Trinajstić information content (AvgIpc) is 3.37. The third-order valence-electron chi connectivity index (χ3n) is 7.13. The second-order valence-corrected chi connectivity index (χ2v) is 11.1. The van der Waals surface area contributed by atoms with Crippen LogP contribution in [0.2, 0.25) is 0 Å². The first-order valence-corrected chi connectivity index (χ1v) is 12.6. The zero-order valence-electron chi connectivity index (χ0n) is 16.9. The van der Waals surface area contributed by atoms with Gasteiger partial charge < -0.3 is 0 Å². The van der Waals surface area contributed by atoms with Crippen LogP contribution in [0.4, 0.5) is 0 Å². The molecule has 1 saturated heterocycles. The molecule has 2 fully saturated rings. The van der Waals surface area contributed by atoms with E-state index in [1.54, 1.807) is 4.31 Å². The van der Waals surface area contributed by atoms with E-state index < -0.39 is 10.0 Å². The lowest BCUT2D eigenvalue weighted by molar-refractivity contribution is 0.218. The van der Waals surface area contributed by atoms with Gasteiger partial charge in [0.1, 0.15) is 0 Å². The molecule has 0 radical (unpaired) electrons. The predicted octanol–water partition coefficient (Wildman–Crippen LogP) is 3.94. The molecule has 1 spiro atoms. The number of fused-ring (bicyclic) bond motifs is 2. The highest BCUT2D eigenvalue weighted by Crippen LogP contribution is 2.45. The molecule has 2 aliphatic carbocycles. The molecule has 2 aromatic rings. The summed E-state index contributed by atoms with van der Waals surface area (Å²) in [6.07, 6.45) is 10.3. The fourth-order valence-electron chi connectivity index (χ4n) is 5.57. The molecule has 2 heterocycles. The van der Waals surface area contributed by atoms with E-state index >= 15 is 0 Å². The van der Waals surface area contributed by atoms with Gasteiger partial charge in [-0.3, -0.25) is 0 Å². The van der Waals surface area contributed by atoms with Gasteiger partial charge >= 0.3 is 0 Å². The van der Waals surface area contributed by atoms with Crippen LogP contribution in [0.25, 0.3) is 11.4 Å². The van der Waals surface area contributed by atoms with Crippen LogP contribution in [-0.2, 0) is 21.9 Å². The number of nitrogens with zero attached hydrogens (tertiary/aromatic N) is 3. The predicted molar refractivity (Wildman–Crippen MR) is 114 cm³/mol. The minimum Gasteiger partial charge on any atom is -0.236 e.